The number of carbonyl (C=O) groups is 1. The average molecular weight is 365 g/mol. The summed E-state index contributed by atoms with van der Waals surface area (Å²) >= 11 is 1.46. The molecule has 1 N–H and O–H groups in total. The average Bonchev–Trinajstić information content (AvgIpc) is 3.18. The van der Waals surface area contributed by atoms with Crippen molar-refractivity contribution in [3.05, 3.63) is 70.4 Å². The van der Waals surface area contributed by atoms with Gasteiger partial charge in [0.2, 0.25) is 0 Å². The van der Waals surface area contributed by atoms with Crippen molar-refractivity contribution in [1.29, 1.82) is 0 Å². The smallest absolute Gasteiger partial charge is 0.262 e. The third-order valence-electron chi connectivity index (χ3n) is 4.37. The van der Waals surface area contributed by atoms with Crippen LogP contribution in [0, 0.1) is 0 Å². The zero-order valence-corrected chi connectivity index (χ0v) is 15.2. The summed E-state index contributed by atoms with van der Waals surface area (Å²) in [6.45, 7) is 3.09. The molecule has 0 spiro atoms. The molecule has 4 rings (SSSR count). The van der Waals surface area contributed by atoms with Crippen LogP contribution in [0.1, 0.15) is 28.2 Å². The molecule has 4 nitrogen and oxygen atoms in total. The quantitative estimate of drug-likeness (QED) is 0.730. The van der Waals surface area contributed by atoms with Gasteiger partial charge < -0.3 is 14.8 Å². The molecule has 0 radical (unpaired) electrons. The van der Waals surface area contributed by atoms with Crippen LogP contribution >= 0.6 is 11.3 Å². The van der Waals surface area contributed by atoms with Gasteiger partial charge in [-0.05, 0) is 41.6 Å². The Hall–Kier alpha value is -2.79. The molecule has 5 heteroatoms. The Kier molecular flexibility index (Phi) is 4.63. The summed E-state index contributed by atoms with van der Waals surface area (Å²) in [5.41, 5.74) is 2.99. The summed E-state index contributed by atoms with van der Waals surface area (Å²) < 4.78 is 11.2. The van der Waals surface area contributed by atoms with Crippen molar-refractivity contribution in [3.63, 3.8) is 0 Å². The van der Waals surface area contributed by atoms with E-state index in [0.717, 1.165) is 33.1 Å². The highest BCUT2D eigenvalue weighted by molar-refractivity contribution is 7.12. The van der Waals surface area contributed by atoms with Crippen LogP contribution in [0.5, 0.6) is 11.5 Å². The Morgan fingerprint density at radius 1 is 1.04 bits per heavy atom. The largest absolute Gasteiger partial charge is 0.486 e. The molecule has 3 aromatic rings. The monoisotopic (exact) mass is 365 g/mol. The molecule has 1 amide bonds. The Labute approximate surface area is 156 Å². The lowest BCUT2D eigenvalue weighted by Crippen LogP contribution is -2.26. The van der Waals surface area contributed by atoms with Gasteiger partial charge in [0.25, 0.3) is 5.91 Å². The highest BCUT2D eigenvalue weighted by Crippen LogP contribution is 2.33. The van der Waals surface area contributed by atoms with Gasteiger partial charge in [0.05, 0.1) is 10.9 Å². The first kappa shape index (κ1) is 16.7. The Morgan fingerprint density at radius 2 is 1.81 bits per heavy atom. The molecule has 1 aliphatic heterocycles. The number of hydrogen-bond acceptors (Lipinski definition) is 4. The van der Waals surface area contributed by atoms with Gasteiger partial charge >= 0.3 is 0 Å². The first-order chi connectivity index (χ1) is 12.7. The molecule has 1 atom stereocenters. The van der Waals surface area contributed by atoms with E-state index in [1.165, 1.54) is 11.3 Å². The second kappa shape index (κ2) is 7.22. The number of fused-ring (bicyclic) bond motifs is 1. The minimum absolute atomic E-state index is 0.0683. The van der Waals surface area contributed by atoms with Crippen LogP contribution < -0.4 is 14.8 Å². The molecular weight excluding hydrogens is 346 g/mol. The van der Waals surface area contributed by atoms with E-state index in [9.17, 15) is 4.79 Å². The number of carbonyl (C=O) groups excluding carboxylic acids is 1. The number of hydrogen-bond donors (Lipinski definition) is 1. The third kappa shape index (κ3) is 3.30. The van der Waals surface area contributed by atoms with Gasteiger partial charge in [0.1, 0.15) is 13.2 Å². The van der Waals surface area contributed by atoms with Gasteiger partial charge in [0, 0.05) is 5.56 Å². The van der Waals surface area contributed by atoms with E-state index in [-0.39, 0.29) is 11.9 Å². The van der Waals surface area contributed by atoms with Crippen LogP contribution in [0.2, 0.25) is 0 Å². The van der Waals surface area contributed by atoms with Gasteiger partial charge in [-0.25, -0.2) is 0 Å². The lowest BCUT2D eigenvalue weighted by Gasteiger charge is -2.21. The van der Waals surface area contributed by atoms with E-state index in [0.29, 0.717) is 13.2 Å². The molecule has 1 aliphatic rings. The molecule has 132 valence electrons. The minimum Gasteiger partial charge on any atom is -0.486 e. The van der Waals surface area contributed by atoms with Crippen LogP contribution in [0.3, 0.4) is 0 Å². The number of nitrogens with one attached hydrogen (secondary N) is 1. The van der Waals surface area contributed by atoms with Crippen molar-refractivity contribution in [3.8, 4) is 22.6 Å². The fraction of sp³-hybridized carbons (Fsp3) is 0.190. The molecule has 1 aromatic heterocycles. The van der Waals surface area contributed by atoms with E-state index in [2.05, 4.69) is 5.32 Å². The number of ether oxygens (including phenoxy) is 2. The number of thiophene rings is 1. The maximum Gasteiger partial charge on any atom is 0.262 e. The maximum atomic E-state index is 12.8. The molecule has 0 saturated carbocycles. The van der Waals surface area contributed by atoms with Crippen molar-refractivity contribution in [1.82, 2.24) is 5.32 Å². The van der Waals surface area contributed by atoms with Gasteiger partial charge in [-0.1, -0.05) is 36.4 Å². The topological polar surface area (TPSA) is 47.6 Å². The molecule has 0 unspecified atom stereocenters. The number of rotatable bonds is 4. The van der Waals surface area contributed by atoms with Crippen molar-refractivity contribution >= 4 is 17.2 Å². The van der Waals surface area contributed by atoms with Crippen LogP contribution in [-0.2, 0) is 0 Å². The molecule has 0 fully saturated rings. The summed E-state index contributed by atoms with van der Waals surface area (Å²) in [6.07, 6.45) is 0. The fourth-order valence-corrected chi connectivity index (χ4v) is 3.82. The van der Waals surface area contributed by atoms with Gasteiger partial charge in [-0.3, -0.25) is 4.79 Å². The Balaban J connectivity index is 1.53. The summed E-state index contributed by atoms with van der Waals surface area (Å²) in [4.78, 5) is 13.5. The lowest BCUT2D eigenvalue weighted by atomic mass is 10.1. The molecule has 26 heavy (non-hydrogen) atoms. The van der Waals surface area contributed by atoms with E-state index in [1.54, 1.807) is 0 Å². The van der Waals surface area contributed by atoms with Crippen LogP contribution in [0.25, 0.3) is 11.1 Å². The van der Waals surface area contributed by atoms with Crippen molar-refractivity contribution in [2.45, 2.75) is 13.0 Å². The van der Waals surface area contributed by atoms with Crippen LogP contribution in [-0.4, -0.2) is 19.1 Å². The zero-order chi connectivity index (χ0) is 17.9. The normalized spacial score (nSPS) is 13.9. The molecule has 0 bridgehead atoms. The van der Waals surface area contributed by atoms with Crippen molar-refractivity contribution < 1.29 is 14.3 Å². The standard InChI is InChI=1S/C21H19NO3S/c1-14(16-7-8-18-19(13-16)25-11-10-24-18)22-21(23)20-17(9-12-26-20)15-5-3-2-4-6-15/h2-9,12-14H,10-11H2,1H3,(H,22,23)/t14-/m1/s1. The molecular formula is C21H19NO3S. The van der Waals surface area contributed by atoms with Crippen molar-refractivity contribution in [2.75, 3.05) is 13.2 Å². The summed E-state index contributed by atoms with van der Waals surface area (Å²) in [5.74, 6) is 1.42. The minimum atomic E-state index is -0.135. The molecule has 2 aromatic carbocycles. The van der Waals surface area contributed by atoms with Gasteiger partial charge in [0.15, 0.2) is 11.5 Å². The Bertz CT molecular complexity index is 920. The van der Waals surface area contributed by atoms with Crippen LogP contribution in [0.15, 0.2) is 60.0 Å². The van der Waals surface area contributed by atoms with E-state index >= 15 is 0 Å². The fourth-order valence-electron chi connectivity index (χ4n) is 3.00. The summed E-state index contributed by atoms with van der Waals surface area (Å²) in [6, 6.07) is 17.6. The lowest BCUT2D eigenvalue weighted by molar-refractivity contribution is 0.0944. The first-order valence-electron chi connectivity index (χ1n) is 8.55. The summed E-state index contributed by atoms with van der Waals surface area (Å²) in [7, 11) is 0. The van der Waals surface area contributed by atoms with Gasteiger partial charge in [-0.2, -0.15) is 0 Å². The first-order valence-corrected chi connectivity index (χ1v) is 9.43. The number of amides is 1. The highest BCUT2D eigenvalue weighted by Gasteiger charge is 2.19. The van der Waals surface area contributed by atoms with Crippen molar-refractivity contribution in [2.24, 2.45) is 0 Å². The maximum absolute atomic E-state index is 12.8. The SMILES string of the molecule is C[C@@H](NC(=O)c1sccc1-c1ccccc1)c1ccc2c(c1)OCCO2. The zero-order valence-electron chi connectivity index (χ0n) is 14.4. The third-order valence-corrected chi connectivity index (χ3v) is 5.28. The highest BCUT2D eigenvalue weighted by atomic mass is 32.1. The molecule has 0 saturated heterocycles. The number of benzene rings is 2. The second-order valence-electron chi connectivity index (χ2n) is 6.13. The van der Waals surface area contributed by atoms with Crippen LogP contribution in [0.4, 0.5) is 0 Å². The van der Waals surface area contributed by atoms with E-state index in [4.69, 9.17) is 9.47 Å². The predicted molar refractivity (Wildman–Crippen MR) is 103 cm³/mol. The summed E-state index contributed by atoms with van der Waals surface area (Å²) in [5, 5.41) is 5.04. The molecule has 0 aliphatic carbocycles. The molecule has 2 heterocycles. The predicted octanol–water partition coefficient (Wildman–Crippen LogP) is 4.68. The van der Waals surface area contributed by atoms with Gasteiger partial charge in [-0.15, -0.1) is 11.3 Å². The Morgan fingerprint density at radius 3 is 2.62 bits per heavy atom. The van der Waals surface area contributed by atoms with E-state index < -0.39 is 0 Å². The second-order valence-corrected chi connectivity index (χ2v) is 7.04. The van der Waals surface area contributed by atoms with E-state index in [1.807, 2.05) is 66.9 Å².